The van der Waals surface area contributed by atoms with E-state index in [1.165, 1.54) is 7.05 Å². The van der Waals surface area contributed by atoms with Crippen molar-refractivity contribution in [3.8, 4) is 5.75 Å². The lowest BCUT2D eigenvalue weighted by Crippen LogP contribution is -2.24. The minimum Gasteiger partial charge on any atom is -0.494 e. The number of sulfonamides is 1. The molecular formula is C17H20N2O4S. The average Bonchev–Trinajstić information content (AvgIpc) is 2.54. The maximum atomic E-state index is 12.3. The molecule has 0 atom stereocenters. The van der Waals surface area contributed by atoms with E-state index in [0.717, 1.165) is 10.6 Å². The molecular weight excluding hydrogens is 328 g/mol. The van der Waals surface area contributed by atoms with E-state index in [2.05, 4.69) is 5.32 Å². The van der Waals surface area contributed by atoms with Gasteiger partial charge in [-0.2, -0.15) is 0 Å². The first-order valence-corrected chi connectivity index (χ1v) is 9.24. The predicted octanol–water partition coefficient (Wildman–Crippen LogP) is 2.73. The van der Waals surface area contributed by atoms with Crippen LogP contribution in [-0.2, 0) is 10.0 Å². The summed E-state index contributed by atoms with van der Waals surface area (Å²) in [5.74, 6) is 0.401. The van der Waals surface area contributed by atoms with Gasteiger partial charge in [0.05, 0.1) is 18.6 Å². The molecule has 24 heavy (non-hydrogen) atoms. The van der Waals surface area contributed by atoms with Crippen LogP contribution >= 0.6 is 0 Å². The number of nitrogens with one attached hydrogen (secondary N) is 1. The van der Waals surface area contributed by atoms with Crippen molar-refractivity contribution in [2.45, 2.75) is 6.92 Å². The van der Waals surface area contributed by atoms with Gasteiger partial charge >= 0.3 is 0 Å². The van der Waals surface area contributed by atoms with Gasteiger partial charge in [0, 0.05) is 24.4 Å². The molecule has 2 aromatic rings. The lowest BCUT2D eigenvalue weighted by Gasteiger charge is -2.16. The molecule has 6 nitrogen and oxygen atoms in total. The molecule has 7 heteroatoms. The number of carbonyl (C=O) groups excluding carboxylic acids is 1. The van der Waals surface area contributed by atoms with Crippen LogP contribution in [-0.4, -0.2) is 34.2 Å². The van der Waals surface area contributed by atoms with Crippen LogP contribution < -0.4 is 14.4 Å². The molecule has 0 fully saturated rings. The molecule has 0 bridgehead atoms. The van der Waals surface area contributed by atoms with E-state index in [9.17, 15) is 13.2 Å². The van der Waals surface area contributed by atoms with Gasteiger partial charge in [-0.05, 0) is 43.3 Å². The van der Waals surface area contributed by atoms with Crippen molar-refractivity contribution in [2.75, 3.05) is 29.5 Å². The van der Waals surface area contributed by atoms with Crippen molar-refractivity contribution in [3.05, 3.63) is 54.1 Å². The first kappa shape index (κ1) is 17.8. The lowest BCUT2D eigenvalue weighted by atomic mass is 10.2. The number of nitrogens with zero attached hydrogens (tertiary/aromatic N) is 1. The Morgan fingerprint density at radius 2 is 1.83 bits per heavy atom. The normalized spacial score (nSPS) is 11.0. The van der Waals surface area contributed by atoms with Crippen molar-refractivity contribution in [3.63, 3.8) is 0 Å². The molecule has 0 spiro atoms. The van der Waals surface area contributed by atoms with Crippen LogP contribution in [0.25, 0.3) is 0 Å². The van der Waals surface area contributed by atoms with Gasteiger partial charge in [0.2, 0.25) is 10.0 Å². The van der Waals surface area contributed by atoms with E-state index in [0.29, 0.717) is 29.3 Å². The Morgan fingerprint density at radius 3 is 2.42 bits per heavy atom. The molecule has 0 aliphatic carbocycles. The zero-order chi connectivity index (χ0) is 17.7. The second kappa shape index (κ2) is 7.35. The molecule has 0 radical (unpaired) electrons. The Balaban J connectivity index is 2.12. The number of anilines is 2. The first-order chi connectivity index (χ1) is 11.3. The third kappa shape index (κ3) is 4.48. The van der Waals surface area contributed by atoms with Gasteiger partial charge < -0.3 is 10.1 Å². The quantitative estimate of drug-likeness (QED) is 0.871. The van der Waals surface area contributed by atoms with E-state index in [1.807, 2.05) is 13.0 Å². The van der Waals surface area contributed by atoms with Gasteiger partial charge in [-0.3, -0.25) is 9.10 Å². The van der Waals surface area contributed by atoms with Gasteiger partial charge in [0.15, 0.2) is 0 Å². The van der Waals surface area contributed by atoms with Crippen LogP contribution in [0, 0.1) is 0 Å². The van der Waals surface area contributed by atoms with Crippen LogP contribution in [0.4, 0.5) is 11.4 Å². The van der Waals surface area contributed by atoms with Crippen molar-refractivity contribution in [2.24, 2.45) is 0 Å². The highest BCUT2D eigenvalue weighted by atomic mass is 32.2. The van der Waals surface area contributed by atoms with Crippen LogP contribution in [0.1, 0.15) is 17.3 Å². The average molecular weight is 348 g/mol. The van der Waals surface area contributed by atoms with Crippen LogP contribution in [0.3, 0.4) is 0 Å². The zero-order valence-corrected chi connectivity index (χ0v) is 14.6. The fourth-order valence-corrected chi connectivity index (χ4v) is 2.55. The summed E-state index contributed by atoms with van der Waals surface area (Å²) in [6, 6.07) is 13.5. The van der Waals surface area contributed by atoms with Gasteiger partial charge in [-0.1, -0.05) is 6.07 Å². The summed E-state index contributed by atoms with van der Waals surface area (Å²) < 4.78 is 29.6. The summed E-state index contributed by atoms with van der Waals surface area (Å²) in [6.07, 6.45) is 1.12. The monoisotopic (exact) mass is 348 g/mol. The number of amides is 1. The Hall–Kier alpha value is -2.54. The lowest BCUT2D eigenvalue weighted by molar-refractivity contribution is 0.102. The Bertz CT molecular complexity index is 817. The van der Waals surface area contributed by atoms with Crippen molar-refractivity contribution in [1.29, 1.82) is 0 Å². The van der Waals surface area contributed by atoms with Crippen LogP contribution in [0.2, 0.25) is 0 Å². The number of benzene rings is 2. The smallest absolute Gasteiger partial charge is 0.255 e. The molecule has 0 saturated carbocycles. The van der Waals surface area contributed by atoms with E-state index >= 15 is 0 Å². The summed E-state index contributed by atoms with van der Waals surface area (Å²) in [5.41, 5.74) is 1.55. The van der Waals surface area contributed by atoms with E-state index < -0.39 is 10.0 Å². The van der Waals surface area contributed by atoms with E-state index in [4.69, 9.17) is 4.74 Å². The molecule has 0 unspecified atom stereocenters. The number of carbonyl (C=O) groups is 1. The summed E-state index contributed by atoms with van der Waals surface area (Å²) in [5, 5.41) is 2.79. The predicted molar refractivity (Wildman–Crippen MR) is 95.3 cm³/mol. The molecule has 0 aliphatic rings. The maximum absolute atomic E-state index is 12.3. The second-order valence-electron chi connectivity index (χ2n) is 5.19. The third-order valence-electron chi connectivity index (χ3n) is 3.39. The van der Waals surface area contributed by atoms with E-state index in [-0.39, 0.29) is 5.91 Å². The van der Waals surface area contributed by atoms with Gasteiger partial charge in [0.1, 0.15) is 5.75 Å². The van der Waals surface area contributed by atoms with Crippen molar-refractivity contribution >= 4 is 27.3 Å². The third-order valence-corrected chi connectivity index (χ3v) is 4.60. The SMILES string of the molecule is CCOc1cccc(NC(=O)c2ccc(N(C)S(C)(=O)=O)cc2)c1. The Kier molecular flexibility index (Phi) is 5.46. The zero-order valence-electron chi connectivity index (χ0n) is 13.8. The molecule has 2 aromatic carbocycles. The minimum absolute atomic E-state index is 0.280. The summed E-state index contributed by atoms with van der Waals surface area (Å²) in [4.78, 5) is 12.3. The van der Waals surface area contributed by atoms with Gasteiger partial charge in [-0.25, -0.2) is 8.42 Å². The number of hydrogen-bond acceptors (Lipinski definition) is 4. The molecule has 1 N–H and O–H groups in total. The minimum atomic E-state index is -3.33. The number of rotatable bonds is 6. The Labute approximate surface area is 142 Å². The number of hydrogen-bond donors (Lipinski definition) is 1. The molecule has 0 aromatic heterocycles. The highest BCUT2D eigenvalue weighted by Gasteiger charge is 2.13. The maximum Gasteiger partial charge on any atom is 0.255 e. The first-order valence-electron chi connectivity index (χ1n) is 7.39. The molecule has 0 saturated heterocycles. The molecule has 2 rings (SSSR count). The molecule has 1 amide bonds. The molecule has 128 valence electrons. The topological polar surface area (TPSA) is 75.7 Å². The van der Waals surface area contributed by atoms with Crippen molar-refractivity contribution in [1.82, 2.24) is 0 Å². The van der Waals surface area contributed by atoms with Crippen LogP contribution in [0.15, 0.2) is 48.5 Å². The standard InChI is InChI=1S/C17H20N2O4S/c1-4-23-16-7-5-6-14(12-16)18-17(20)13-8-10-15(11-9-13)19(2)24(3,21)22/h5-12H,4H2,1-3H3,(H,18,20). The fourth-order valence-electron chi connectivity index (χ4n) is 2.05. The highest BCUT2D eigenvalue weighted by molar-refractivity contribution is 7.92. The number of ether oxygens (including phenoxy) is 1. The molecule has 0 heterocycles. The van der Waals surface area contributed by atoms with Gasteiger partial charge in [0.25, 0.3) is 5.91 Å². The summed E-state index contributed by atoms with van der Waals surface area (Å²) in [6.45, 7) is 2.44. The van der Waals surface area contributed by atoms with Gasteiger partial charge in [-0.15, -0.1) is 0 Å². The fraction of sp³-hybridized carbons (Fsp3) is 0.235. The van der Waals surface area contributed by atoms with Crippen molar-refractivity contribution < 1.29 is 17.9 Å². The largest absolute Gasteiger partial charge is 0.494 e. The summed E-state index contributed by atoms with van der Waals surface area (Å²) >= 11 is 0. The highest BCUT2D eigenvalue weighted by Crippen LogP contribution is 2.20. The Morgan fingerprint density at radius 1 is 1.17 bits per heavy atom. The van der Waals surface area contributed by atoms with E-state index in [1.54, 1.807) is 42.5 Å². The summed E-state index contributed by atoms with van der Waals surface area (Å²) in [7, 11) is -1.87. The van der Waals surface area contributed by atoms with Crippen LogP contribution in [0.5, 0.6) is 5.75 Å². The molecule has 0 aliphatic heterocycles. The second-order valence-corrected chi connectivity index (χ2v) is 7.21.